The van der Waals surface area contributed by atoms with Gasteiger partial charge in [-0.3, -0.25) is 19.5 Å². The molecule has 0 saturated heterocycles. The summed E-state index contributed by atoms with van der Waals surface area (Å²) in [7, 11) is 0.729. The minimum atomic E-state index is -3.70. The molecule has 4 rings (SSSR count). The number of hydrogen-bond donors (Lipinski definition) is 1. The van der Waals surface area contributed by atoms with Crippen molar-refractivity contribution in [3.8, 4) is 22.8 Å². The number of hydrogen-bond acceptors (Lipinski definition) is 9. The van der Waals surface area contributed by atoms with Crippen LogP contribution in [-0.4, -0.2) is 65.3 Å². The first-order chi connectivity index (χ1) is 19.0. The van der Waals surface area contributed by atoms with Crippen LogP contribution in [0.5, 0.6) is 5.75 Å². The molecule has 40 heavy (non-hydrogen) atoms. The van der Waals surface area contributed by atoms with Crippen LogP contribution in [0.1, 0.15) is 0 Å². The zero-order chi connectivity index (χ0) is 29.0. The van der Waals surface area contributed by atoms with Crippen LogP contribution in [0.3, 0.4) is 0 Å². The van der Waals surface area contributed by atoms with Crippen LogP contribution in [0.2, 0.25) is 5.02 Å². The van der Waals surface area contributed by atoms with E-state index in [0.717, 1.165) is 22.1 Å². The smallest absolute Gasteiger partial charge is 0.271 e. The highest BCUT2D eigenvalue weighted by atomic mass is 35.5. The van der Waals surface area contributed by atoms with Crippen molar-refractivity contribution in [1.82, 2.24) is 19.1 Å². The first-order valence-corrected chi connectivity index (χ1v) is 14.3. The van der Waals surface area contributed by atoms with Gasteiger partial charge in [0.2, 0.25) is 15.9 Å². The number of nitrogens with one attached hydrogen (secondary N) is 1. The van der Waals surface area contributed by atoms with Crippen LogP contribution in [0.4, 0.5) is 11.4 Å². The molecule has 1 aromatic heterocycles. The van der Waals surface area contributed by atoms with E-state index in [1.54, 1.807) is 41.0 Å². The molecule has 0 atom stereocenters. The lowest BCUT2D eigenvalue weighted by molar-refractivity contribution is -0.384. The standard InChI is InChI=1S/C25H23ClN6O6S2/c1-30(2)40(36,37)20-9-4-6-16(12-20)24-28-29-25(31(24)17-7-5-8-19(13-17)38-3)39-15-23(33)27-22-11-10-18(32(34)35)14-21(22)26/h4-14H,15H2,1-3H3,(H,27,33). The molecule has 0 unspecified atom stereocenters. The van der Waals surface area contributed by atoms with Gasteiger partial charge in [-0.1, -0.05) is 41.6 Å². The summed E-state index contributed by atoms with van der Waals surface area (Å²) in [4.78, 5) is 23.2. The second-order valence-electron chi connectivity index (χ2n) is 8.42. The number of ether oxygens (including phenoxy) is 1. The van der Waals surface area contributed by atoms with Crippen molar-refractivity contribution < 1.29 is 22.9 Å². The summed E-state index contributed by atoms with van der Waals surface area (Å²) in [6.07, 6.45) is 0. The van der Waals surface area contributed by atoms with Gasteiger partial charge >= 0.3 is 0 Å². The molecule has 4 aromatic rings. The molecule has 15 heteroatoms. The van der Waals surface area contributed by atoms with Gasteiger partial charge in [0.05, 0.1) is 39.1 Å². The number of nitrogens with zero attached hydrogens (tertiary/aromatic N) is 5. The van der Waals surface area contributed by atoms with E-state index in [1.807, 2.05) is 0 Å². The van der Waals surface area contributed by atoms with Crippen LogP contribution in [0.25, 0.3) is 17.1 Å². The predicted molar refractivity (Wildman–Crippen MR) is 152 cm³/mol. The van der Waals surface area contributed by atoms with Gasteiger partial charge in [0, 0.05) is 37.9 Å². The molecule has 0 aliphatic rings. The Balaban J connectivity index is 1.67. The number of halogens is 1. The highest BCUT2D eigenvalue weighted by Gasteiger charge is 2.22. The summed E-state index contributed by atoms with van der Waals surface area (Å²) in [5, 5.41) is 22.5. The zero-order valence-electron chi connectivity index (χ0n) is 21.4. The second-order valence-corrected chi connectivity index (χ2v) is 11.9. The van der Waals surface area contributed by atoms with E-state index < -0.39 is 20.9 Å². The molecule has 0 aliphatic carbocycles. The molecule has 0 aliphatic heterocycles. The molecular formula is C25H23ClN6O6S2. The number of benzene rings is 3. The minimum absolute atomic E-state index is 0.0296. The van der Waals surface area contributed by atoms with Gasteiger partial charge < -0.3 is 10.1 Å². The number of thioether (sulfide) groups is 1. The van der Waals surface area contributed by atoms with E-state index in [2.05, 4.69) is 15.5 Å². The quantitative estimate of drug-likeness (QED) is 0.157. The summed E-state index contributed by atoms with van der Waals surface area (Å²) in [6.45, 7) is 0. The number of nitro groups is 1. The third-order valence-corrected chi connectivity index (χ3v) is 8.64. The summed E-state index contributed by atoms with van der Waals surface area (Å²) < 4.78 is 33.7. The molecule has 1 heterocycles. The van der Waals surface area contributed by atoms with E-state index in [4.69, 9.17) is 16.3 Å². The maximum Gasteiger partial charge on any atom is 0.271 e. The Bertz CT molecular complexity index is 1690. The normalized spacial score (nSPS) is 11.4. The Labute approximate surface area is 239 Å². The van der Waals surface area contributed by atoms with Crippen LogP contribution < -0.4 is 10.1 Å². The van der Waals surface area contributed by atoms with Crippen LogP contribution in [-0.2, 0) is 14.8 Å². The number of aromatic nitrogens is 3. The summed E-state index contributed by atoms with van der Waals surface area (Å²) in [5.74, 6) is 0.402. The highest BCUT2D eigenvalue weighted by Crippen LogP contribution is 2.31. The van der Waals surface area contributed by atoms with Gasteiger partial charge in [-0.2, -0.15) is 0 Å². The summed E-state index contributed by atoms with van der Waals surface area (Å²) in [5.41, 5.74) is 1.15. The Kier molecular flexibility index (Phi) is 8.73. The molecule has 1 N–H and O–H groups in total. The SMILES string of the molecule is COc1cccc(-n2c(SCC(=O)Nc3ccc([N+](=O)[O-])cc3Cl)nnc2-c2cccc(S(=O)(=O)N(C)C)c2)c1. The Morgan fingerprint density at radius 1 is 1.12 bits per heavy atom. The first kappa shape index (κ1) is 29.0. The van der Waals surface area contributed by atoms with E-state index in [0.29, 0.717) is 28.0 Å². The van der Waals surface area contributed by atoms with Crippen LogP contribution >= 0.6 is 23.4 Å². The number of rotatable bonds is 10. The van der Waals surface area contributed by atoms with Gasteiger partial charge in [-0.25, -0.2) is 12.7 Å². The number of non-ortho nitro benzene ring substituents is 1. The topological polar surface area (TPSA) is 150 Å². The lowest BCUT2D eigenvalue weighted by Crippen LogP contribution is -2.22. The largest absolute Gasteiger partial charge is 0.497 e. The first-order valence-electron chi connectivity index (χ1n) is 11.5. The van der Waals surface area contributed by atoms with Gasteiger partial charge in [-0.05, 0) is 30.3 Å². The van der Waals surface area contributed by atoms with Crippen molar-refractivity contribution >= 4 is 50.7 Å². The molecule has 208 valence electrons. The number of sulfonamides is 1. The molecular weight excluding hydrogens is 580 g/mol. The minimum Gasteiger partial charge on any atom is -0.497 e. The number of amides is 1. The van der Waals surface area contributed by atoms with Crippen molar-refractivity contribution in [3.05, 3.63) is 81.9 Å². The Morgan fingerprint density at radius 3 is 2.55 bits per heavy atom. The summed E-state index contributed by atoms with van der Waals surface area (Å²) in [6, 6.07) is 17.2. The maximum atomic E-state index is 12.7. The number of nitro benzene ring substituents is 1. The average molecular weight is 603 g/mol. The molecule has 3 aromatic carbocycles. The van der Waals surface area contributed by atoms with Crippen molar-refractivity contribution in [3.63, 3.8) is 0 Å². The fourth-order valence-corrected chi connectivity index (χ4v) is 5.50. The van der Waals surface area contributed by atoms with Gasteiger partial charge in [-0.15, -0.1) is 10.2 Å². The molecule has 0 saturated carbocycles. The average Bonchev–Trinajstić information content (AvgIpc) is 3.37. The van der Waals surface area contributed by atoms with Gasteiger partial charge in [0.1, 0.15) is 5.75 Å². The number of carbonyl (C=O) groups excluding carboxylic acids is 1. The van der Waals surface area contributed by atoms with Crippen molar-refractivity contribution in [2.45, 2.75) is 10.1 Å². The molecule has 0 spiro atoms. The predicted octanol–water partition coefficient (Wildman–Crippen LogP) is 4.49. The third kappa shape index (κ3) is 6.25. The van der Waals surface area contributed by atoms with E-state index in [9.17, 15) is 23.3 Å². The lowest BCUT2D eigenvalue weighted by atomic mass is 10.2. The molecule has 12 nitrogen and oxygen atoms in total. The van der Waals surface area contributed by atoms with E-state index >= 15 is 0 Å². The molecule has 0 fully saturated rings. The summed E-state index contributed by atoms with van der Waals surface area (Å²) >= 11 is 7.18. The highest BCUT2D eigenvalue weighted by molar-refractivity contribution is 7.99. The number of methoxy groups -OCH3 is 1. The fourth-order valence-electron chi connectivity index (χ4n) is 3.57. The second kappa shape index (κ2) is 12.0. The maximum absolute atomic E-state index is 12.7. The van der Waals surface area contributed by atoms with Crippen LogP contribution in [0, 0.1) is 10.1 Å². The van der Waals surface area contributed by atoms with E-state index in [-0.39, 0.29) is 27.0 Å². The monoisotopic (exact) mass is 602 g/mol. The number of carbonyl (C=O) groups is 1. The molecule has 1 amide bonds. The van der Waals surface area contributed by atoms with Gasteiger partial charge in [0.15, 0.2) is 11.0 Å². The number of anilines is 1. The van der Waals surface area contributed by atoms with Crippen molar-refractivity contribution in [2.75, 3.05) is 32.3 Å². The Morgan fingerprint density at radius 2 is 1.88 bits per heavy atom. The van der Waals surface area contributed by atoms with E-state index in [1.165, 1.54) is 45.5 Å². The van der Waals surface area contributed by atoms with Crippen LogP contribution in [0.15, 0.2) is 76.8 Å². The molecule has 0 bridgehead atoms. The Hall–Kier alpha value is -3.98. The zero-order valence-corrected chi connectivity index (χ0v) is 23.8. The lowest BCUT2D eigenvalue weighted by Gasteiger charge is -2.14. The van der Waals surface area contributed by atoms with Crippen molar-refractivity contribution in [2.24, 2.45) is 0 Å². The molecule has 0 radical (unpaired) electrons. The van der Waals surface area contributed by atoms with Gasteiger partial charge in [0.25, 0.3) is 5.69 Å². The van der Waals surface area contributed by atoms with Crippen molar-refractivity contribution in [1.29, 1.82) is 0 Å². The third-order valence-electron chi connectivity index (χ3n) is 5.59. The fraction of sp³-hybridized carbons (Fsp3) is 0.160.